The van der Waals surface area contributed by atoms with Crippen LogP contribution < -0.4 is 0 Å². The van der Waals surface area contributed by atoms with Crippen LogP contribution in [0.2, 0.25) is 0 Å². The van der Waals surface area contributed by atoms with Crippen molar-refractivity contribution in [2.24, 2.45) is 0 Å². The topological polar surface area (TPSA) is 14.1 Å². The molecule has 102 valence electrons. The molecule has 0 saturated carbocycles. The molecule has 0 aliphatic heterocycles. The Labute approximate surface area is 126 Å². The minimum atomic E-state index is 0. The molecule has 1 nitrogen and oxygen atoms in total. The molecule has 0 aliphatic carbocycles. The van der Waals surface area contributed by atoms with Gasteiger partial charge in [0.15, 0.2) is 0 Å². The molecule has 0 radical (unpaired) electrons. The van der Waals surface area contributed by atoms with E-state index in [0.717, 1.165) is 38.8 Å². The van der Waals surface area contributed by atoms with Crippen LogP contribution in [0.5, 0.6) is 0 Å². The van der Waals surface area contributed by atoms with Crippen LogP contribution in [0.3, 0.4) is 0 Å². The molecule has 0 fully saturated rings. The first-order chi connectivity index (χ1) is 8.21. The Balaban J connectivity index is -0.000000321. The Morgan fingerprint density at radius 3 is 1.17 bits per heavy atom. The van der Waals surface area contributed by atoms with Crippen molar-refractivity contribution in [2.75, 3.05) is 13.1 Å². The quantitative estimate of drug-likeness (QED) is 0.344. The molecule has 18 heavy (non-hydrogen) atoms. The third-order valence-corrected chi connectivity index (χ3v) is 2.30. The van der Waals surface area contributed by atoms with Gasteiger partial charge in [0, 0.05) is 0 Å². The van der Waals surface area contributed by atoms with E-state index in [2.05, 4.69) is 45.2 Å². The summed E-state index contributed by atoms with van der Waals surface area (Å²) in [7, 11) is 0. The molecule has 0 unspecified atom stereocenters. The summed E-state index contributed by atoms with van der Waals surface area (Å²) in [5, 5.41) is 3.97. The van der Waals surface area contributed by atoms with E-state index in [1.807, 2.05) is 13.8 Å². The molecule has 0 aromatic heterocycles. The Morgan fingerprint density at radius 2 is 1.06 bits per heavy atom. The number of rotatable bonds is 7. The van der Waals surface area contributed by atoms with Gasteiger partial charge in [0.1, 0.15) is 0 Å². The average Bonchev–Trinajstić information content (AvgIpc) is 2.35. The van der Waals surface area contributed by atoms with Crippen LogP contribution in [0, 0.1) is 12.2 Å². The minimum Gasteiger partial charge on any atom is -0.663 e. The number of hydrogen-bond acceptors (Lipinski definition) is 0. The average molecular weight is 263 g/mol. The van der Waals surface area contributed by atoms with Gasteiger partial charge in [0.2, 0.25) is 0 Å². The van der Waals surface area contributed by atoms with E-state index in [-0.39, 0.29) is 17.4 Å². The molecule has 0 atom stereocenters. The summed E-state index contributed by atoms with van der Waals surface area (Å²) in [5.41, 5.74) is 2.73. The first kappa shape index (κ1) is 23.1. The zero-order valence-corrected chi connectivity index (χ0v) is 14.4. The van der Waals surface area contributed by atoms with Crippen LogP contribution in [-0.2, 0) is 0 Å². The molecule has 0 saturated heterocycles. The fourth-order valence-corrected chi connectivity index (χ4v) is 1.54. The predicted molar refractivity (Wildman–Crippen MR) is 84.9 cm³/mol. The summed E-state index contributed by atoms with van der Waals surface area (Å²) in [4.78, 5) is 0. The van der Waals surface area contributed by atoms with Crippen LogP contribution >= 0.6 is 0 Å². The van der Waals surface area contributed by atoms with Gasteiger partial charge in [-0.05, 0) is 0 Å². The molecule has 0 amide bonds. The van der Waals surface area contributed by atoms with Crippen molar-refractivity contribution in [1.82, 2.24) is 0 Å². The van der Waals surface area contributed by atoms with Crippen LogP contribution in [0.25, 0.3) is 5.32 Å². The summed E-state index contributed by atoms with van der Waals surface area (Å²) in [6.07, 6.45) is 11.0. The van der Waals surface area contributed by atoms with E-state index in [1.165, 1.54) is 11.1 Å². The van der Waals surface area contributed by atoms with Gasteiger partial charge in [0.05, 0.1) is 0 Å². The fraction of sp³-hybridized carbons (Fsp3) is 0.750. The third-order valence-electron chi connectivity index (χ3n) is 2.30. The SMILES string of the molecule is CC[C-]=C(CC)C(=[C-]CC)CC.CC[N-]CC.[Al+3]. The summed E-state index contributed by atoms with van der Waals surface area (Å²) in [6.45, 7) is 14.7. The van der Waals surface area contributed by atoms with Crippen molar-refractivity contribution in [3.8, 4) is 0 Å². The van der Waals surface area contributed by atoms with Gasteiger partial charge < -0.3 is 28.6 Å². The molecule has 0 aromatic carbocycles. The van der Waals surface area contributed by atoms with Crippen LogP contribution in [0.4, 0.5) is 0 Å². The van der Waals surface area contributed by atoms with E-state index in [4.69, 9.17) is 0 Å². The summed E-state index contributed by atoms with van der Waals surface area (Å²) >= 11 is 0. The molecule has 0 bridgehead atoms. The smallest absolute Gasteiger partial charge is 0.663 e. The van der Waals surface area contributed by atoms with Gasteiger partial charge in [-0.3, -0.25) is 0 Å². The van der Waals surface area contributed by atoms with Crippen molar-refractivity contribution in [2.45, 2.75) is 67.2 Å². The zero-order chi connectivity index (χ0) is 13.5. The fourth-order valence-electron chi connectivity index (χ4n) is 1.54. The second-order valence-corrected chi connectivity index (χ2v) is 3.58. The molecule has 0 spiro atoms. The largest absolute Gasteiger partial charge is 3.00 e. The van der Waals surface area contributed by atoms with E-state index in [0.29, 0.717) is 0 Å². The standard InChI is InChI=1S/C12H20.C4H10N.Al/c1-5-9-11(7-3)12(8-4)10-6-2;1-3-5-4-2;/h5-8H2,1-4H3;3-4H2,1-2H3;/q-2;-1;+3. The van der Waals surface area contributed by atoms with Gasteiger partial charge in [-0.2, -0.15) is 13.1 Å². The molecule has 2 heteroatoms. The molecule has 0 aliphatic rings. The summed E-state index contributed by atoms with van der Waals surface area (Å²) < 4.78 is 0. The molecule has 0 rings (SSSR count). The van der Waals surface area contributed by atoms with Crippen molar-refractivity contribution in [1.29, 1.82) is 0 Å². The van der Waals surface area contributed by atoms with Crippen molar-refractivity contribution in [3.05, 3.63) is 28.6 Å². The second kappa shape index (κ2) is 19.3. The number of allylic oxidation sites excluding steroid dienone is 4. The van der Waals surface area contributed by atoms with E-state index in [9.17, 15) is 0 Å². The molecule has 0 heterocycles. The van der Waals surface area contributed by atoms with Crippen LogP contribution in [-0.4, -0.2) is 30.5 Å². The Morgan fingerprint density at radius 1 is 0.722 bits per heavy atom. The van der Waals surface area contributed by atoms with E-state index in [1.54, 1.807) is 0 Å². The third kappa shape index (κ3) is 14.0. The van der Waals surface area contributed by atoms with E-state index >= 15 is 0 Å². The first-order valence-electron chi connectivity index (χ1n) is 7.04. The van der Waals surface area contributed by atoms with Crippen LogP contribution in [0.15, 0.2) is 11.1 Å². The summed E-state index contributed by atoms with van der Waals surface area (Å²) in [6, 6.07) is 0. The van der Waals surface area contributed by atoms with Crippen molar-refractivity contribution >= 4 is 17.4 Å². The zero-order valence-electron chi connectivity index (χ0n) is 13.3. The van der Waals surface area contributed by atoms with Crippen molar-refractivity contribution in [3.63, 3.8) is 0 Å². The second-order valence-electron chi connectivity index (χ2n) is 3.58. The maximum atomic E-state index is 3.97. The Bertz CT molecular complexity index is 185. The van der Waals surface area contributed by atoms with Crippen LogP contribution in [0.1, 0.15) is 67.2 Å². The van der Waals surface area contributed by atoms with Gasteiger partial charge >= 0.3 is 17.4 Å². The first-order valence-corrected chi connectivity index (χ1v) is 7.04. The normalized spacial score (nSPS) is 11.4. The molecule has 0 aromatic rings. The number of nitrogens with zero attached hydrogens (tertiary/aromatic N) is 1. The monoisotopic (exact) mass is 263 g/mol. The Hall–Kier alpha value is -0.0275. The maximum Gasteiger partial charge on any atom is 3.00 e. The van der Waals surface area contributed by atoms with Gasteiger partial charge in [-0.25, -0.2) is 0 Å². The van der Waals surface area contributed by atoms with E-state index < -0.39 is 0 Å². The summed E-state index contributed by atoms with van der Waals surface area (Å²) in [5.74, 6) is 0. The minimum absolute atomic E-state index is 0. The van der Waals surface area contributed by atoms with Gasteiger partial charge in [0.25, 0.3) is 0 Å². The number of hydrogen-bond donors (Lipinski definition) is 0. The van der Waals surface area contributed by atoms with Gasteiger partial charge in [-0.1, -0.05) is 41.5 Å². The van der Waals surface area contributed by atoms with Gasteiger partial charge in [-0.15, -0.1) is 25.7 Å². The Kier molecular flexibility index (Phi) is 24.8. The predicted octanol–water partition coefficient (Wildman–Crippen LogP) is 5.10. The molecule has 0 N–H and O–H groups in total. The molecular weight excluding hydrogens is 233 g/mol. The maximum absolute atomic E-state index is 3.97. The molecular formula is C16H30AlN. The van der Waals surface area contributed by atoms with Crippen molar-refractivity contribution < 1.29 is 0 Å².